The summed E-state index contributed by atoms with van der Waals surface area (Å²) in [6.45, 7) is 6.28. The lowest BCUT2D eigenvalue weighted by Crippen LogP contribution is -2.20. The number of benzene rings is 2. The van der Waals surface area contributed by atoms with Crippen molar-refractivity contribution < 1.29 is 19.1 Å². The van der Waals surface area contributed by atoms with Crippen molar-refractivity contribution in [2.75, 3.05) is 24.4 Å². The van der Waals surface area contributed by atoms with Crippen LogP contribution in [0.2, 0.25) is 0 Å². The number of hydrogen-bond acceptors (Lipinski definition) is 4. The lowest BCUT2D eigenvalue weighted by atomic mass is 9.99. The van der Waals surface area contributed by atoms with Crippen LogP contribution in [-0.4, -0.2) is 25.5 Å². The average Bonchev–Trinajstić information content (AvgIpc) is 2.77. The van der Waals surface area contributed by atoms with Crippen molar-refractivity contribution in [1.29, 1.82) is 0 Å². The van der Waals surface area contributed by atoms with Gasteiger partial charge in [-0.1, -0.05) is 39.3 Å². The highest BCUT2D eigenvalue weighted by Gasteiger charge is 2.11. The number of carbonyl (C=O) groups is 2. The lowest BCUT2D eigenvalue weighted by molar-refractivity contribution is -0.118. The van der Waals surface area contributed by atoms with Crippen LogP contribution in [0, 0.1) is 0 Å². The average molecular weight is 413 g/mol. The van der Waals surface area contributed by atoms with Crippen LogP contribution < -0.4 is 20.1 Å². The molecule has 2 rings (SSSR count). The number of rotatable bonds is 11. The molecule has 0 aliphatic carbocycles. The van der Waals surface area contributed by atoms with Gasteiger partial charge >= 0.3 is 0 Å². The first-order valence-electron chi connectivity index (χ1n) is 10.5. The normalized spacial score (nSPS) is 11.5. The molecule has 0 spiro atoms. The molecule has 0 aliphatic rings. The molecule has 0 aromatic heterocycles. The first-order valence-corrected chi connectivity index (χ1v) is 10.5. The summed E-state index contributed by atoms with van der Waals surface area (Å²) in [4.78, 5) is 24.2. The molecule has 2 aromatic carbocycles. The van der Waals surface area contributed by atoms with Crippen molar-refractivity contribution in [3.05, 3.63) is 48.0 Å². The second-order valence-corrected chi connectivity index (χ2v) is 7.28. The second-order valence-electron chi connectivity index (χ2n) is 7.28. The molecule has 0 bridgehead atoms. The Hall–Kier alpha value is -3.02. The highest BCUT2D eigenvalue weighted by atomic mass is 16.5. The Labute approximate surface area is 179 Å². The van der Waals surface area contributed by atoms with E-state index in [0.29, 0.717) is 35.2 Å². The summed E-state index contributed by atoms with van der Waals surface area (Å²) in [6.07, 6.45) is 3.34. The Morgan fingerprint density at radius 2 is 1.73 bits per heavy atom. The topological polar surface area (TPSA) is 76.7 Å². The van der Waals surface area contributed by atoms with E-state index in [1.54, 1.807) is 18.2 Å². The first kappa shape index (κ1) is 23.3. The molecule has 0 saturated heterocycles. The van der Waals surface area contributed by atoms with Gasteiger partial charge in [-0.2, -0.15) is 0 Å². The summed E-state index contributed by atoms with van der Waals surface area (Å²) in [5.74, 6) is 1.30. The van der Waals surface area contributed by atoms with Gasteiger partial charge in [0.1, 0.15) is 11.5 Å². The third kappa shape index (κ3) is 7.10. The van der Waals surface area contributed by atoms with Gasteiger partial charge in [-0.15, -0.1) is 0 Å². The molecular weight excluding hydrogens is 380 g/mol. The fourth-order valence-electron chi connectivity index (χ4n) is 2.90. The van der Waals surface area contributed by atoms with E-state index < -0.39 is 0 Å². The van der Waals surface area contributed by atoms with E-state index >= 15 is 0 Å². The number of amides is 2. The van der Waals surface area contributed by atoms with Gasteiger partial charge in [0.05, 0.1) is 12.8 Å². The molecule has 0 unspecified atom stereocenters. The Balaban J connectivity index is 1.90. The SMILES string of the molecule is CCCCC(=O)Nc1ccc(NC(=O)COc2ccc([C@H](C)CC)cc2)cc1OC. The van der Waals surface area contributed by atoms with Crippen LogP contribution in [0.15, 0.2) is 42.5 Å². The van der Waals surface area contributed by atoms with E-state index in [9.17, 15) is 9.59 Å². The minimum Gasteiger partial charge on any atom is -0.494 e. The number of ether oxygens (including phenoxy) is 2. The summed E-state index contributed by atoms with van der Waals surface area (Å²) in [5, 5.41) is 5.62. The quantitative estimate of drug-likeness (QED) is 0.521. The minimum atomic E-state index is -0.275. The van der Waals surface area contributed by atoms with E-state index in [4.69, 9.17) is 9.47 Å². The van der Waals surface area contributed by atoms with Crippen LogP contribution >= 0.6 is 0 Å². The van der Waals surface area contributed by atoms with Crippen LogP contribution in [0.25, 0.3) is 0 Å². The molecule has 2 amide bonds. The van der Waals surface area contributed by atoms with Gasteiger partial charge in [0.25, 0.3) is 5.91 Å². The van der Waals surface area contributed by atoms with Gasteiger partial charge in [-0.3, -0.25) is 9.59 Å². The van der Waals surface area contributed by atoms with Gasteiger partial charge < -0.3 is 20.1 Å². The molecule has 0 fully saturated rings. The standard InChI is InChI=1S/C24H32N2O4/c1-5-7-8-23(27)26-21-14-11-19(15-22(21)29-4)25-24(28)16-30-20-12-9-18(10-13-20)17(3)6-2/h9-15,17H,5-8,16H2,1-4H3,(H,25,28)(H,26,27)/t17-/m1/s1. The predicted octanol–water partition coefficient (Wildman–Crippen LogP) is 5.35. The van der Waals surface area contributed by atoms with Gasteiger partial charge in [0.2, 0.25) is 5.91 Å². The van der Waals surface area contributed by atoms with Gasteiger partial charge in [-0.05, 0) is 48.6 Å². The zero-order valence-corrected chi connectivity index (χ0v) is 18.3. The van der Waals surface area contributed by atoms with Crippen molar-refractivity contribution in [3.8, 4) is 11.5 Å². The molecule has 30 heavy (non-hydrogen) atoms. The lowest BCUT2D eigenvalue weighted by Gasteiger charge is -2.13. The van der Waals surface area contributed by atoms with Crippen LogP contribution in [0.5, 0.6) is 11.5 Å². The molecule has 0 heterocycles. The van der Waals surface area contributed by atoms with E-state index in [2.05, 4.69) is 24.5 Å². The molecule has 162 valence electrons. The Kier molecular flexibility index (Phi) is 9.19. The zero-order valence-electron chi connectivity index (χ0n) is 18.3. The van der Waals surface area contributed by atoms with Crippen molar-refractivity contribution in [2.45, 2.75) is 52.4 Å². The number of nitrogens with one attached hydrogen (secondary N) is 2. The zero-order chi connectivity index (χ0) is 21.9. The number of carbonyl (C=O) groups excluding carboxylic acids is 2. The molecule has 6 heteroatoms. The summed E-state index contributed by atoms with van der Waals surface area (Å²) >= 11 is 0. The molecule has 2 N–H and O–H groups in total. The van der Waals surface area contributed by atoms with E-state index in [0.717, 1.165) is 19.3 Å². The van der Waals surface area contributed by atoms with Gasteiger partial charge in [0.15, 0.2) is 6.61 Å². The van der Waals surface area contributed by atoms with Gasteiger partial charge in [-0.25, -0.2) is 0 Å². The molecule has 6 nitrogen and oxygen atoms in total. The Bertz CT molecular complexity index is 834. The van der Waals surface area contributed by atoms with E-state index in [-0.39, 0.29) is 18.4 Å². The smallest absolute Gasteiger partial charge is 0.262 e. The molecule has 0 aliphatic heterocycles. The predicted molar refractivity (Wildman–Crippen MR) is 120 cm³/mol. The number of hydrogen-bond donors (Lipinski definition) is 2. The minimum absolute atomic E-state index is 0.0558. The van der Waals surface area contributed by atoms with Crippen molar-refractivity contribution in [1.82, 2.24) is 0 Å². The fourth-order valence-corrected chi connectivity index (χ4v) is 2.90. The van der Waals surface area contributed by atoms with Crippen molar-refractivity contribution in [2.24, 2.45) is 0 Å². The molecule has 2 aromatic rings. The maximum absolute atomic E-state index is 12.2. The van der Waals surface area contributed by atoms with E-state index in [1.165, 1.54) is 12.7 Å². The monoisotopic (exact) mass is 412 g/mol. The number of methoxy groups -OCH3 is 1. The summed E-state index contributed by atoms with van der Waals surface area (Å²) in [7, 11) is 1.52. The highest BCUT2D eigenvalue weighted by Crippen LogP contribution is 2.28. The van der Waals surface area contributed by atoms with E-state index in [1.807, 2.05) is 31.2 Å². The molecule has 0 radical (unpaired) electrons. The fraction of sp³-hybridized carbons (Fsp3) is 0.417. The molecule has 0 saturated carbocycles. The Morgan fingerprint density at radius 3 is 2.37 bits per heavy atom. The number of unbranched alkanes of at least 4 members (excludes halogenated alkanes) is 1. The summed E-state index contributed by atoms with van der Waals surface area (Å²) in [5.41, 5.74) is 2.40. The largest absolute Gasteiger partial charge is 0.494 e. The third-order valence-corrected chi connectivity index (χ3v) is 4.95. The van der Waals surface area contributed by atoms with Gasteiger partial charge in [0, 0.05) is 18.2 Å². The van der Waals surface area contributed by atoms with Crippen molar-refractivity contribution >= 4 is 23.2 Å². The number of anilines is 2. The third-order valence-electron chi connectivity index (χ3n) is 4.95. The Morgan fingerprint density at radius 1 is 1.00 bits per heavy atom. The summed E-state index contributed by atoms with van der Waals surface area (Å²) in [6, 6.07) is 12.9. The summed E-state index contributed by atoms with van der Waals surface area (Å²) < 4.78 is 10.9. The van der Waals surface area contributed by atoms with Crippen LogP contribution in [-0.2, 0) is 9.59 Å². The maximum Gasteiger partial charge on any atom is 0.262 e. The molecular formula is C24H32N2O4. The van der Waals surface area contributed by atoms with Crippen LogP contribution in [0.4, 0.5) is 11.4 Å². The highest BCUT2D eigenvalue weighted by molar-refractivity contribution is 5.95. The van der Waals surface area contributed by atoms with Crippen molar-refractivity contribution in [3.63, 3.8) is 0 Å². The second kappa shape index (κ2) is 11.9. The van der Waals surface area contributed by atoms with Crippen LogP contribution in [0.3, 0.4) is 0 Å². The first-order chi connectivity index (χ1) is 14.5. The van der Waals surface area contributed by atoms with Crippen LogP contribution in [0.1, 0.15) is 57.9 Å². The molecule has 1 atom stereocenters. The maximum atomic E-state index is 12.2.